The van der Waals surface area contributed by atoms with Crippen LogP contribution in [-0.4, -0.2) is 31.8 Å². The van der Waals surface area contributed by atoms with E-state index in [1.54, 1.807) is 30.6 Å². The van der Waals surface area contributed by atoms with Gasteiger partial charge in [0.05, 0.1) is 12.2 Å². The molecule has 0 atom stereocenters. The topological polar surface area (TPSA) is 104 Å². The van der Waals surface area contributed by atoms with Crippen LogP contribution in [0.25, 0.3) is 16.6 Å². The minimum Gasteiger partial charge on any atom is -0.357 e. The predicted octanol–water partition coefficient (Wildman–Crippen LogP) is 2.78. The van der Waals surface area contributed by atoms with Gasteiger partial charge in [-0.25, -0.2) is 4.98 Å². The van der Waals surface area contributed by atoms with Crippen molar-refractivity contribution in [2.75, 3.05) is 6.54 Å². The third-order valence-corrected chi connectivity index (χ3v) is 5.12. The van der Waals surface area contributed by atoms with E-state index in [2.05, 4.69) is 38.6 Å². The summed E-state index contributed by atoms with van der Waals surface area (Å²) in [6.45, 7) is 4.23. The maximum absolute atomic E-state index is 12.5. The number of pyridine rings is 2. The second kappa shape index (κ2) is 9.53. The standard InChI is InChI=1S/C23H26N6O2/c1-2-3-5-8-24-14-18-10-16-13-25-17(11-19(16)27-18)15-26-23(31)20-12-22(30)29-9-6-4-7-21(29)28-20/h4,6-7,9-13,24,27H,2-3,5,8,14-15H2,1H3,(H,26,31). The van der Waals surface area contributed by atoms with Crippen molar-refractivity contribution in [3.63, 3.8) is 0 Å². The van der Waals surface area contributed by atoms with Gasteiger partial charge < -0.3 is 15.6 Å². The molecule has 0 aliphatic carbocycles. The highest BCUT2D eigenvalue weighted by Gasteiger charge is 2.11. The Morgan fingerprint density at radius 3 is 2.94 bits per heavy atom. The van der Waals surface area contributed by atoms with Gasteiger partial charge in [0.15, 0.2) is 0 Å². The smallest absolute Gasteiger partial charge is 0.270 e. The molecule has 0 aromatic carbocycles. The quantitative estimate of drug-likeness (QED) is 0.363. The van der Waals surface area contributed by atoms with E-state index < -0.39 is 5.91 Å². The molecule has 31 heavy (non-hydrogen) atoms. The Labute approximate surface area is 179 Å². The number of fused-ring (bicyclic) bond motifs is 2. The second-order valence-corrected chi connectivity index (χ2v) is 7.53. The van der Waals surface area contributed by atoms with Crippen molar-refractivity contribution in [2.45, 2.75) is 39.3 Å². The molecular formula is C23H26N6O2. The number of carbonyl (C=O) groups is 1. The highest BCUT2D eigenvalue weighted by molar-refractivity contribution is 5.92. The van der Waals surface area contributed by atoms with Crippen LogP contribution in [0.5, 0.6) is 0 Å². The van der Waals surface area contributed by atoms with E-state index in [1.165, 1.54) is 29.7 Å². The predicted molar refractivity (Wildman–Crippen MR) is 120 cm³/mol. The molecule has 0 fully saturated rings. The number of hydrogen-bond donors (Lipinski definition) is 3. The van der Waals surface area contributed by atoms with E-state index in [0.29, 0.717) is 5.65 Å². The molecule has 0 aliphatic rings. The number of amides is 1. The van der Waals surface area contributed by atoms with Crippen LogP contribution in [-0.2, 0) is 13.1 Å². The first kappa shape index (κ1) is 20.7. The van der Waals surface area contributed by atoms with E-state index in [1.807, 2.05) is 6.07 Å². The molecule has 0 bridgehead atoms. The van der Waals surface area contributed by atoms with E-state index in [0.717, 1.165) is 35.4 Å². The zero-order chi connectivity index (χ0) is 21.6. The highest BCUT2D eigenvalue weighted by Crippen LogP contribution is 2.15. The number of nitrogens with one attached hydrogen (secondary N) is 3. The van der Waals surface area contributed by atoms with Crippen LogP contribution in [0, 0.1) is 0 Å². The molecule has 0 saturated carbocycles. The van der Waals surface area contributed by atoms with Crippen LogP contribution in [0.15, 0.2) is 53.6 Å². The van der Waals surface area contributed by atoms with Gasteiger partial charge in [0, 0.05) is 41.6 Å². The van der Waals surface area contributed by atoms with Crippen LogP contribution in [0.3, 0.4) is 0 Å². The molecule has 4 aromatic rings. The lowest BCUT2D eigenvalue weighted by Gasteiger charge is -2.06. The number of aromatic nitrogens is 4. The van der Waals surface area contributed by atoms with Gasteiger partial charge in [-0.15, -0.1) is 0 Å². The lowest BCUT2D eigenvalue weighted by molar-refractivity contribution is 0.0945. The van der Waals surface area contributed by atoms with Crippen molar-refractivity contribution in [1.82, 2.24) is 30.0 Å². The van der Waals surface area contributed by atoms with Gasteiger partial charge in [0.1, 0.15) is 11.3 Å². The number of carbonyl (C=O) groups excluding carboxylic acids is 1. The average molecular weight is 419 g/mol. The Kier molecular flexibility index (Phi) is 6.37. The van der Waals surface area contributed by atoms with Gasteiger partial charge >= 0.3 is 0 Å². The van der Waals surface area contributed by atoms with Crippen LogP contribution in [0.1, 0.15) is 48.1 Å². The molecule has 4 rings (SSSR count). The average Bonchev–Trinajstić information content (AvgIpc) is 3.19. The fourth-order valence-corrected chi connectivity index (χ4v) is 3.48. The van der Waals surface area contributed by atoms with Crippen molar-refractivity contribution in [3.05, 3.63) is 76.2 Å². The van der Waals surface area contributed by atoms with Gasteiger partial charge in [-0.2, -0.15) is 0 Å². The van der Waals surface area contributed by atoms with E-state index >= 15 is 0 Å². The van der Waals surface area contributed by atoms with Crippen molar-refractivity contribution in [1.29, 1.82) is 0 Å². The summed E-state index contributed by atoms with van der Waals surface area (Å²) in [5, 5.41) is 7.27. The zero-order valence-electron chi connectivity index (χ0n) is 17.5. The van der Waals surface area contributed by atoms with E-state index in [4.69, 9.17) is 0 Å². The molecule has 8 nitrogen and oxygen atoms in total. The van der Waals surface area contributed by atoms with Gasteiger partial charge in [-0.3, -0.25) is 19.0 Å². The van der Waals surface area contributed by atoms with Gasteiger partial charge in [0.2, 0.25) is 0 Å². The molecule has 0 spiro atoms. The molecule has 0 unspecified atom stereocenters. The monoisotopic (exact) mass is 418 g/mol. The Hall–Kier alpha value is -3.52. The summed E-state index contributed by atoms with van der Waals surface area (Å²) in [6, 6.07) is 10.5. The second-order valence-electron chi connectivity index (χ2n) is 7.53. The normalized spacial score (nSPS) is 11.3. The Balaban J connectivity index is 1.39. The molecule has 8 heteroatoms. The zero-order valence-corrected chi connectivity index (χ0v) is 17.5. The van der Waals surface area contributed by atoms with Crippen molar-refractivity contribution in [2.24, 2.45) is 0 Å². The summed E-state index contributed by atoms with van der Waals surface area (Å²) in [5.74, 6) is -0.409. The largest absolute Gasteiger partial charge is 0.357 e. The third kappa shape index (κ3) is 4.97. The summed E-state index contributed by atoms with van der Waals surface area (Å²) in [6.07, 6.45) is 7.06. The number of rotatable bonds is 9. The van der Waals surface area contributed by atoms with Crippen LogP contribution in [0.2, 0.25) is 0 Å². The molecular weight excluding hydrogens is 392 g/mol. The molecule has 160 valence electrons. The Bertz CT molecular complexity index is 1260. The first-order chi connectivity index (χ1) is 15.1. The summed E-state index contributed by atoms with van der Waals surface area (Å²) < 4.78 is 1.40. The maximum Gasteiger partial charge on any atom is 0.270 e. The minimum atomic E-state index is -0.409. The number of hydrogen-bond acceptors (Lipinski definition) is 5. The molecule has 3 N–H and O–H groups in total. The first-order valence-corrected chi connectivity index (χ1v) is 10.6. The molecule has 0 saturated heterocycles. The van der Waals surface area contributed by atoms with Crippen LogP contribution < -0.4 is 16.2 Å². The maximum atomic E-state index is 12.5. The fourth-order valence-electron chi connectivity index (χ4n) is 3.48. The molecule has 0 radical (unpaired) electrons. The third-order valence-electron chi connectivity index (χ3n) is 5.12. The number of aromatic amines is 1. The number of unbranched alkanes of at least 4 members (excludes halogenated alkanes) is 2. The molecule has 1 amide bonds. The first-order valence-electron chi connectivity index (χ1n) is 10.6. The van der Waals surface area contributed by atoms with Gasteiger partial charge in [-0.1, -0.05) is 25.8 Å². The summed E-state index contributed by atoms with van der Waals surface area (Å²) >= 11 is 0. The summed E-state index contributed by atoms with van der Waals surface area (Å²) in [7, 11) is 0. The summed E-state index contributed by atoms with van der Waals surface area (Å²) in [5.41, 5.74) is 3.04. The fraction of sp³-hybridized carbons (Fsp3) is 0.304. The Morgan fingerprint density at radius 2 is 2.06 bits per heavy atom. The Morgan fingerprint density at radius 1 is 1.16 bits per heavy atom. The minimum absolute atomic E-state index is 0.0913. The molecule has 4 heterocycles. The van der Waals surface area contributed by atoms with E-state index in [-0.39, 0.29) is 17.8 Å². The highest BCUT2D eigenvalue weighted by atomic mass is 16.2. The van der Waals surface area contributed by atoms with Crippen molar-refractivity contribution < 1.29 is 4.79 Å². The summed E-state index contributed by atoms with van der Waals surface area (Å²) in [4.78, 5) is 36.8. The van der Waals surface area contributed by atoms with Gasteiger partial charge in [0.25, 0.3) is 11.5 Å². The molecule has 0 aliphatic heterocycles. The van der Waals surface area contributed by atoms with Crippen molar-refractivity contribution >= 4 is 22.5 Å². The van der Waals surface area contributed by atoms with Crippen LogP contribution in [0.4, 0.5) is 0 Å². The van der Waals surface area contributed by atoms with E-state index in [9.17, 15) is 9.59 Å². The number of nitrogens with zero attached hydrogens (tertiary/aromatic N) is 3. The van der Waals surface area contributed by atoms with Crippen LogP contribution >= 0.6 is 0 Å². The SMILES string of the molecule is CCCCCNCc1cc2cnc(CNC(=O)c3cc(=O)n4ccccc4n3)cc2[nH]1. The lowest BCUT2D eigenvalue weighted by Crippen LogP contribution is -2.27. The lowest BCUT2D eigenvalue weighted by atomic mass is 10.2. The molecule has 4 aromatic heterocycles. The van der Waals surface area contributed by atoms with Gasteiger partial charge in [-0.05, 0) is 37.2 Å². The number of H-pyrrole nitrogens is 1. The van der Waals surface area contributed by atoms with Crippen molar-refractivity contribution in [3.8, 4) is 0 Å².